The Morgan fingerprint density at radius 3 is 2.11 bits per heavy atom. The molecule has 0 radical (unpaired) electrons. The zero-order valence-corrected chi connectivity index (χ0v) is 21.2. The fraction of sp³-hybridized carbons (Fsp3) is 0.464. The van der Waals surface area contributed by atoms with E-state index in [1.54, 1.807) is 18.2 Å². The summed E-state index contributed by atoms with van der Waals surface area (Å²) in [5.41, 5.74) is -0.629. The average Bonchev–Trinajstić information content (AvgIpc) is 2.86. The molecule has 0 bridgehead atoms. The van der Waals surface area contributed by atoms with E-state index in [0.717, 1.165) is 37.5 Å². The topological polar surface area (TPSA) is 84.5 Å². The molecule has 2 aromatic carbocycles. The van der Waals surface area contributed by atoms with Crippen LogP contribution in [-0.4, -0.2) is 24.4 Å². The molecule has 0 saturated heterocycles. The number of ether oxygens (including phenoxy) is 1. The van der Waals surface area contributed by atoms with Crippen molar-refractivity contribution in [3.63, 3.8) is 0 Å². The fourth-order valence-corrected chi connectivity index (χ4v) is 3.76. The minimum Gasteiger partial charge on any atom is -0.452 e. The summed E-state index contributed by atoms with van der Waals surface area (Å²) in [4.78, 5) is 37.0. The first-order chi connectivity index (χ1) is 17.7. The van der Waals surface area contributed by atoms with Crippen molar-refractivity contribution in [2.24, 2.45) is 0 Å². The van der Waals surface area contributed by atoms with Crippen LogP contribution in [0.5, 0.6) is 0 Å². The van der Waals surface area contributed by atoms with Gasteiger partial charge in [-0.05, 0) is 36.8 Å². The minimum absolute atomic E-state index is 0.0694. The molecule has 202 valence electrons. The Balaban J connectivity index is 1.77. The molecule has 0 spiro atoms. The van der Waals surface area contributed by atoms with Gasteiger partial charge in [0, 0.05) is 12.1 Å². The second-order valence-corrected chi connectivity index (χ2v) is 8.88. The van der Waals surface area contributed by atoms with Crippen LogP contribution in [0.3, 0.4) is 0 Å². The number of carbonyl (C=O) groups is 3. The number of nitrogens with one attached hydrogen (secondary N) is 2. The van der Waals surface area contributed by atoms with Crippen molar-refractivity contribution in [3.05, 3.63) is 59.7 Å². The molecule has 0 aliphatic heterocycles. The van der Waals surface area contributed by atoms with E-state index in [9.17, 15) is 27.6 Å². The van der Waals surface area contributed by atoms with Crippen molar-refractivity contribution in [2.75, 3.05) is 17.2 Å². The van der Waals surface area contributed by atoms with Gasteiger partial charge in [0.2, 0.25) is 5.91 Å². The number of hydrogen-bond acceptors (Lipinski definition) is 4. The van der Waals surface area contributed by atoms with E-state index in [-0.39, 0.29) is 22.8 Å². The van der Waals surface area contributed by atoms with E-state index in [2.05, 4.69) is 17.6 Å². The van der Waals surface area contributed by atoms with E-state index < -0.39 is 30.2 Å². The van der Waals surface area contributed by atoms with Gasteiger partial charge in [-0.25, -0.2) is 4.79 Å². The van der Waals surface area contributed by atoms with Crippen LogP contribution in [0.25, 0.3) is 0 Å². The first-order valence-electron chi connectivity index (χ1n) is 12.7. The highest BCUT2D eigenvalue weighted by atomic mass is 19.4. The lowest BCUT2D eigenvalue weighted by molar-refractivity contribution is -0.137. The summed E-state index contributed by atoms with van der Waals surface area (Å²) in [6, 6.07) is 10.4. The summed E-state index contributed by atoms with van der Waals surface area (Å²) in [5, 5.41) is 4.99. The Kier molecular flexibility index (Phi) is 12.7. The van der Waals surface area contributed by atoms with Gasteiger partial charge in [0.15, 0.2) is 6.61 Å². The molecule has 0 aliphatic rings. The van der Waals surface area contributed by atoms with Crippen LogP contribution in [0.15, 0.2) is 48.5 Å². The highest BCUT2D eigenvalue weighted by molar-refractivity contribution is 6.02. The number of carbonyl (C=O) groups excluding carboxylic acids is 3. The molecule has 0 unspecified atom stereocenters. The predicted molar refractivity (Wildman–Crippen MR) is 137 cm³/mol. The normalized spacial score (nSPS) is 11.1. The summed E-state index contributed by atoms with van der Waals surface area (Å²) in [7, 11) is 0. The van der Waals surface area contributed by atoms with Crippen LogP contribution in [0.2, 0.25) is 0 Å². The Bertz CT molecular complexity index is 1020. The minimum atomic E-state index is -4.55. The lowest BCUT2D eigenvalue weighted by Crippen LogP contribution is -2.22. The zero-order valence-electron chi connectivity index (χ0n) is 21.2. The molecule has 2 aromatic rings. The lowest BCUT2D eigenvalue weighted by atomic mass is 10.1. The molecule has 0 saturated carbocycles. The van der Waals surface area contributed by atoms with Crippen molar-refractivity contribution in [2.45, 2.75) is 77.3 Å². The maximum absolute atomic E-state index is 12.8. The van der Waals surface area contributed by atoms with Gasteiger partial charge in [0.05, 0.1) is 16.8 Å². The van der Waals surface area contributed by atoms with Gasteiger partial charge in [-0.3, -0.25) is 9.59 Å². The molecular weight excluding hydrogens is 485 g/mol. The van der Waals surface area contributed by atoms with Crippen molar-refractivity contribution in [1.82, 2.24) is 0 Å². The van der Waals surface area contributed by atoms with E-state index >= 15 is 0 Å². The molecule has 9 heteroatoms. The molecule has 6 nitrogen and oxygen atoms in total. The highest BCUT2D eigenvalue weighted by Gasteiger charge is 2.30. The van der Waals surface area contributed by atoms with E-state index in [1.165, 1.54) is 50.7 Å². The SMILES string of the molecule is CCCCCCCCCCCC(=O)Nc1ccccc1C(=O)OCC(=O)Nc1cccc(C(F)(F)F)c1. The number of alkyl halides is 3. The number of anilines is 2. The van der Waals surface area contributed by atoms with E-state index in [0.29, 0.717) is 6.42 Å². The molecule has 0 heterocycles. The molecule has 0 fully saturated rings. The van der Waals surface area contributed by atoms with Gasteiger partial charge in [0.25, 0.3) is 5.91 Å². The average molecular weight is 521 g/mol. The lowest BCUT2D eigenvalue weighted by Gasteiger charge is -2.12. The number of benzene rings is 2. The van der Waals surface area contributed by atoms with Crippen LogP contribution in [0.4, 0.5) is 24.5 Å². The number of para-hydroxylation sites is 1. The Labute approximate surface area is 216 Å². The van der Waals surface area contributed by atoms with Crippen LogP contribution in [-0.2, 0) is 20.5 Å². The second kappa shape index (κ2) is 15.7. The second-order valence-electron chi connectivity index (χ2n) is 8.88. The third-order valence-corrected chi connectivity index (χ3v) is 5.74. The Morgan fingerprint density at radius 2 is 1.43 bits per heavy atom. The largest absolute Gasteiger partial charge is 0.452 e. The molecule has 0 aliphatic carbocycles. The summed E-state index contributed by atoms with van der Waals surface area (Å²) in [6.07, 6.45) is 6.03. The number of esters is 1. The smallest absolute Gasteiger partial charge is 0.416 e. The molecular formula is C28H35F3N2O4. The van der Waals surface area contributed by atoms with Crippen molar-refractivity contribution < 1.29 is 32.3 Å². The van der Waals surface area contributed by atoms with Gasteiger partial charge < -0.3 is 15.4 Å². The monoisotopic (exact) mass is 520 g/mol. The zero-order chi connectivity index (χ0) is 27.1. The van der Waals surface area contributed by atoms with Gasteiger partial charge in [-0.1, -0.05) is 76.5 Å². The molecule has 2 amide bonds. The van der Waals surface area contributed by atoms with Crippen LogP contribution >= 0.6 is 0 Å². The fourth-order valence-electron chi connectivity index (χ4n) is 3.76. The maximum atomic E-state index is 12.8. The number of unbranched alkanes of at least 4 members (excludes halogenated alkanes) is 8. The van der Waals surface area contributed by atoms with Crippen LogP contribution in [0.1, 0.15) is 87.1 Å². The quantitative estimate of drug-likeness (QED) is 0.190. The van der Waals surface area contributed by atoms with Gasteiger partial charge >= 0.3 is 12.1 Å². The highest BCUT2D eigenvalue weighted by Crippen LogP contribution is 2.30. The Morgan fingerprint density at radius 1 is 0.784 bits per heavy atom. The molecule has 2 N–H and O–H groups in total. The molecule has 0 aromatic heterocycles. The maximum Gasteiger partial charge on any atom is 0.416 e. The van der Waals surface area contributed by atoms with Crippen molar-refractivity contribution in [1.29, 1.82) is 0 Å². The molecule has 37 heavy (non-hydrogen) atoms. The first-order valence-corrected chi connectivity index (χ1v) is 12.7. The van der Waals surface area contributed by atoms with Crippen molar-refractivity contribution in [3.8, 4) is 0 Å². The van der Waals surface area contributed by atoms with E-state index in [4.69, 9.17) is 4.74 Å². The van der Waals surface area contributed by atoms with Crippen molar-refractivity contribution >= 4 is 29.2 Å². The van der Waals surface area contributed by atoms with Crippen LogP contribution < -0.4 is 10.6 Å². The molecule has 2 rings (SSSR count). The van der Waals surface area contributed by atoms with E-state index in [1.807, 2.05) is 0 Å². The summed E-state index contributed by atoms with van der Waals surface area (Å²) in [6.45, 7) is 1.49. The summed E-state index contributed by atoms with van der Waals surface area (Å²) < 4.78 is 43.5. The predicted octanol–water partition coefficient (Wildman–Crippen LogP) is 7.36. The number of halogens is 3. The Hall–Kier alpha value is -3.36. The van der Waals surface area contributed by atoms with Crippen LogP contribution in [0, 0.1) is 0 Å². The van der Waals surface area contributed by atoms with Gasteiger partial charge in [-0.15, -0.1) is 0 Å². The third-order valence-electron chi connectivity index (χ3n) is 5.74. The first kappa shape index (κ1) is 29.9. The number of rotatable bonds is 15. The summed E-state index contributed by atoms with van der Waals surface area (Å²) >= 11 is 0. The van der Waals surface area contributed by atoms with Gasteiger partial charge in [-0.2, -0.15) is 13.2 Å². The van der Waals surface area contributed by atoms with Gasteiger partial charge in [0.1, 0.15) is 0 Å². The number of hydrogen-bond donors (Lipinski definition) is 2. The molecule has 0 atom stereocenters. The third kappa shape index (κ3) is 11.5. The number of amides is 2. The standard InChI is InChI=1S/C28H35F3N2O4/c1-2-3-4-5-6-7-8-9-10-18-25(34)33-24-17-12-11-16-23(24)27(36)37-20-26(35)32-22-15-13-14-21(19-22)28(29,30)31/h11-17,19H,2-10,18,20H2,1H3,(H,32,35)(H,33,34). The summed E-state index contributed by atoms with van der Waals surface area (Å²) in [5.74, 6) is -1.84.